The van der Waals surface area contributed by atoms with Crippen molar-refractivity contribution >= 4 is 27.6 Å². The van der Waals surface area contributed by atoms with Crippen LogP contribution < -0.4 is 5.73 Å². The molecule has 0 aromatic heterocycles. The van der Waals surface area contributed by atoms with E-state index in [1.54, 1.807) is 18.2 Å². The molecule has 0 fully saturated rings. The van der Waals surface area contributed by atoms with Gasteiger partial charge in [-0.1, -0.05) is 22.9 Å². The van der Waals surface area contributed by atoms with Gasteiger partial charge in [0.2, 0.25) is 0 Å². The minimum Gasteiger partial charge on any atom is -0.459 e. The van der Waals surface area contributed by atoms with E-state index in [2.05, 4.69) is 15.9 Å². The summed E-state index contributed by atoms with van der Waals surface area (Å²) in [5, 5.41) is 0. The molecule has 15 heavy (non-hydrogen) atoms. The van der Waals surface area contributed by atoms with Gasteiger partial charge >= 0.3 is 5.97 Å². The smallest absolute Gasteiger partial charge is 0.338 e. The molecule has 0 saturated heterocycles. The maximum atomic E-state index is 11.6. The van der Waals surface area contributed by atoms with Gasteiger partial charge in [-0.2, -0.15) is 0 Å². The van der Waals surface area contributed by atoms with Crippen LogP contribution in [0.5, 0.6) is 0 Å². The first-order chi connectivity index (χ1) is 7.02. The van der Waals surface area contributed by atoms with Gasteiger partial charge in [-0.05, 0) is 31.5 Å². The summed E-state index contributed by atoms with van der Waals surface area (Å²) in [5.74, 6) is -0.336. The quantitative estimate of drug-likeness (QED) is 0.679. The molecule has 0 bridgehead atoms. The Labute approximate surface area is 97.7 Å². The third-order valence-corrected chi connectivity index (χ3v) is 2.50. The Morgan fingerprint density at radius 1 is 1.53 bits per heavy atom. The summed E-state index contributed by atoms with van der Waals surface area (Å²) in [5.41, 5.74) is 6.64. The van der Waals surface area contributed by atoms with Crippen LogP contribution in [-0.4, -0.2) is 12.1 Å². The van der Waals surface area contributed by atoms with Crippen molar-refractivity contribution in [1.82, 2.24) is 0 Å². The van der Waals surface area contributed by atoms with Crippen LogP contribution in [0.1, 0.15) is 30.6 Å². The zero-order chi connectivity index (χ0) is 11.4. The van der Waals surface area contributed by atoms with Crippen LogP contribution in [0.2, 0.25) is 0 Å². The topological polar surface area (TPSA) is 52.3 Å². The lowest BCUT2D eigenvalue weighted by molar-refractivity contribution is 0.0334. The number of ether oxygens (including phenoxy) is 1. The largest absolute Gasteiger partial charge is 0.459 e. The van der Waals surface area contributed by atoms with Gasteiger partial charge in [0.05, 0.1) is 11.7 Å². The summed E-state index contributed by atoms with van der Waals surface area (Å²) in [6.07, 6.45) is 0.729. The van der Waals surface area contributed by atoms with Crippen molar-refractivity contribution in [3.05, 3.63) is 28.2 Å². The van der Waals surface area contributed by atoms with E-state index >= 15 is 0 Å². The van der Waals surface area contributed by atoms with Gasteiger partial charge in [0.1, 0.15) is 0 Å². The number of halogens is 1. The Morgan fingerprint density at radius 2 is 2.20 bits per heavy atom. The van der Waals surface area contributed by atoms with Gasteiger partial charge in [0, 0.05) is 10.2 Å². The van der Waals surface area contributed by atoms with Crippen LogP contribution in [0, 0.1) is 0 Å². The van der Waals surface area contributed by atoms with E-state index in [1.807, 2.05) is 13.8 Å². The molecule has 0 aliphatic heterocycles. The number of hydrogen-bond acceptors (Lipinski definition) is 3. The molecule has 0 aliphatic carbocycles. The Morgan fingerprint density at radius 3 is 2.73 bits per heavy atom. The zero-order valence-electron chi connectivity index (χ0n) is 8.79. The summed E-state index contributed by atoms with van der Waals surface area (Å²) in [4.78, 5) is 11.6. The van der Waals surface area contributed by atoms with E-state index in [4.69, 9.17) is 10.5 Å². The Bertz CT molecular complexity index is 345. The maximum Gasteiger partial charge on any atom is 0.338 e. The average Bonchev–Trinajstić information content (AvgIpc) is 2.16. The maximum absolute atomic E-state index is 11.6. The first-order valence-corrected chi connectivity index (χ1v) is 5.59. The minimum atomic E-state index is -0.336. The van der Waals surface area contributed by atoms with Crippen molar-refractivity contribution in [2.45, 2.75) is 26.4 Å². The lowest BCUT2D eigenvalue weighted by atomic mass is 10.2. The number of nitrogens with two attached hydrogens (primary N) is 1. The molecule has 0 radical (unpaired) electrons. The van der Waals surface area contributed by atoms with Gasteiger partial charge in [0.15, 0.2) is 0 Å². The highest BCUT2D eigenvalue weighted by molar-refractivity contribution is 9.10. The summed E-state index contributed by atoms with van der Waals surface area (Å²) in [6.45, 7) is 3.83. The van der Waals surface area contributed by atoms with Gasteiger partial charge in [0.25, 0.3) is 0 Å². The number of esters is 1. The second kappa shape index (κ2) is 5.16. The molecule has 1 aromatic carbocycles. The predicted molar refractivity (Wildman–Crippen MR) is 63.7 cm³/mol. The number of hydrogen-bond donors (Lipinski definition) is 1. The van der Waals surface area contributed by atoms with E-state index in [1.165, 1.54) is 0 Å². The fourth-order valence-corrected chi connectivity index (χ4v) is 1.58. The third kappa shape index (κ3) is 3.55. The zero-order valence-corrected chi connectivity index (χ0v) is 10.4. The van der Waals surface area contributed by atoms with Crippen molar-refractivity contribution in [2.24, 2.45) is 0 Å². The fraction of sp³-hybridized carbons (Fsp3) is 0.364. The molecule has 0 heterocycles. The highest BCUT2D eigenvalue weighted by Gasteiger charge is 2.11. The number of carbonyl (C=O) groups excluding carboxylic acids is 1. The van der Waals surface area contributed by atoms with E-state index in [0.717, 1.165) is 10.9 Å². The summed E-state index contributed by atoms with van der Waals surface area (Å²) in [7, 11) is 0. The molecular formula is C11H14BrNO2. The van der Waals surface area contributed by atoms with E-state index in [0.29, 0.717) is 11.3 Å². The Hall–Kier alpha value is -1.03. The van der Waals surface area contributed by atoms with Crippen molar-refractivity contribution < 1.29 is 9.53 Å². The summed E-state index contributed by atoms with van der Waals surface area (Å²) < 4.78 is 5.96. The predicted octanol–water partition coefficient (Wildman–Crippen LogP) is 2.99. The van der Waals surface area contributed by atoms with Crippen molar-refractivity contribution in [2.75, 3.05) is 5.73 Å². The van der Waals surface area contributed by atoms with E-state index in [-0.39, 0.29) is 12.1 Å². The Kier molecular flexibility index (Phi) is 4.15. The number of nitrogen functional groups attached to an aromatic ring is 1. The molecule has 1 unspecified atom stereocenters. The van der Waals surface area contributed by atoms with Crippen LogP contribution in [0.4, 0.5) is 5.69 Å². The summed E-state index contributed by atoms with van der Waals surface area (Å²) >= 11 is 3.28. The van der Waals surface area contributed by atoms with Gasteiger partial charge in [-0.3, -0.25) is 0 Å². The molecule has 2 N–H and O–H groups in total. The van der Waals surface area contributed by atoms with Crippen LogP contribution in [-0.2, 0) is 4.74 Å². The third-order valence-electron chi connectivity index (χ3n) is 2.04. The van der Waals surface area contributed by atoms with Crippen LogP contribution >= 0.6 is 15.9 Å². The molecule has 3 nitrogen and oxygen atoms in total. The molecule has 4 heteroatoms. The number of anilines is 1. The van der Waals surface area contributed by atoms with Crippen molar-refractivity contribution in [3.63, 3.8) is 0 Å². The average molecular weight is 272 g/mol. The molecule has 1 atom stereocenters. The summed E-state index contributed by atoms with van der Waals surface area (Å²) in [6, 6.07) is 5.04. The minimum absolute atomic E-state index is 0.0716. The van der Waals surface area contributed by atoms with Gasteiger partial charge in [-0.25, -0.2) is 4.79 Å². The van der Waals surface area contributed by atoms with Crippen LogP contribution in [0.3, 0.4) is 0 Å². The fourth-order valence-electron chi connectivity index (χ4n) is 1.06. The normalized spacial score (nSPS) is 12.2. The van der Waals surface area contributed by atoms with Gasteiger partial charge < -0.3 is 10.5 Å². The molecule has 0 saturated carbocycles. The van der Waals surface area contributed by atoms with Crippen molar-refractivity contribution in [1.29, 1.82) is 0 Å². The standard InChI is InChI=1S/C11H14BrNO2/c1-3-7(2)15-11(14)8-4-9(12)6-10(13)5-8/h4-7H,3,13H2,1-2H3. The van der Waals surface area contributed by atoms with E-state index < -0.39 is 0 Å². The molecule has 82 valence electrons. The van der Waals surface area contributed by atoms with Crippen LogP contribution in [0.15, 0.2) is 22.7 Å². The Balaban J connectivity index is 2.82. The second-order valence-corrected chi connectivity index (χ2v) is 4.31. The molecule has 1 aromatic rings. The first-order valence-electron chi connectivity index (χ1n) is 4.80. The molecule has 0 aliphatic rings. The van der Waals surface area contributed by atoms with E-state index in [9.17, 15) is 4.79 Å². The number of carbonyl (C=O) groups is 1. The van der Waals surface area contributed by atoms with Gasteiger partial charge in [-0.15, -0.1) is 0 Å². The molecule has 0 amide bonds. The number of benzene rings is 1. The second-order valence-electron chi connectivity index (χ2n) is 3.40. The SMILES string of the molecule is CCC(C)OC(=O)c1cc(N)cc(Br)c1. The first kappa shape index (κ1) is 12.0. The lowest BCUT2D eigenvalue weighted by Gasteiger charge is -2.11. The monoisotopic (exact) mass is 271 g/mol. The highest BCUT2D eigenvalue weighted by atomic mass is 79.9. The highest BCUT2D eigenvalue weighted by Crippen LogP contribution is 2.18. The van der Waals surface area contributed by atoms with Crippen LogP contribution in [0.25, 0.3) is 0 Å². The number of rotatable bonds is 3. The lowest BCUT2D eigenvalue weighted by Crippen LogP contribution is -2.14. The van der Waals surface area contributed by atoms with Crippen molar-refractivity contribution in [3.8, 4) is 0 Å². The molecule has 0 spiro atoms. The molecular weight excluding hydrogens is 258 g/mol. The molecule has 1 rings (SSSR count).